The lowest BCUT2D eigenvalue weighted by Crippen LogP contribution is -2.13. The predicted octanol–water partition coefficient (Wildman–Crippen LogP) is 6.44. The van der Waals surface area contributed by atoms with Gasteiger partial charge in [-0.3, -0.25) is 4.40 Å². The van der Waals surface area contributed by atoms with E-state index in [1.165, 1.54) is 24.3 Å². The summed E-state index contributed by atoms with van der Waals surface area (Å²) >= 11 is 6.19. The maximum atomic E-state index is 14.6. The summed E-state index contributed by atoms with van der Waals surface area (Å²) in [6, 6.07) is 15.7. The van der Waals surface area contributed by atoms with Crippen molar-refractivity contribution < 1.29 is 13.2 Å². The fraction of sp³-hybridized carbons (Fsp3) is 0.0870. The van der Waals surface area contributed by atoms with Gasteiger partial charge < -0.3 is 4.90 Å². The Balaban J connectivity index is 1.63. The summed E-state index contributed by atoms with van der Waals surface area (Å²) in [5.41, 5.74) is 2.39. The number of benzene rings is 3. The first-order valence-electron chi connectivity index (χ1n) is 9.62. The molecule has 0 unspecified atom stereocenters. The maximum Gasteiger partial charge on any atom is 0.263 e. The first-order chi connectivity index (χ1) is 15.4. The highest BCUT2D eigenvalue weighted by molar-refractivity contribution is 6.31. The predicted molar refractivity (Wildman–Crippen MR) is 118 cm³/mol. The van der Waals surface area contributed by atoms with E-state index in [1.807, 2.05) is 6.07 Å². The van der Waals surface area contributed by atoms with Crippen molar-refractivity contribution in [1.82, 2.24) is 19.6 Å². The van der Waals surface area contributed by atoms with Crippen molar-refractivity contribution in [2.45, 2.75) is 6.43 Å². The lowest BCUT2D eigenvalue weighted by Gasteiger charge is -2.21. The Morgan fingerprint density at radius 3 is 2.50 bits per heavy atom. The molecule has 0 fully saturated rings. The molecule has 0 aliphatic carbocycles. The molecule has 32 heavy (non-hydrogen) atoms. The zero-order valence-electron chi connectivity index (χ0n) is 16.7. The number of anilines is 2. The van der Waals surface area contributed by atoms with Crippen molar-refractivity contribution in [2.24, 2.45) is 0 Å². The van der Waals surface area contributed by atoms with Crippen LogP contribution in [-0.4, -0.2) is 26.6 Å². The fourth-order valence-corrected chi connectivity index (χ4v) is 3.82. The Hall–Kier alpha value is -3.65. The Kier molecular flexibility index (Phi) is 4.94. The molecule has 160 valence electrons. The molecule has 9 heteroatoms. The SMILES string of the molecule is CN(c1cc(F)cc(-c2ccc(C(F)F)cc2)c1)c1nc2nncn2c2cc(Cl)ccc12. The lowest BCUT2D eigenvalue weighted by molar-refractivity contribution is 0.151. The Bertz CT molecular complexity index is 1450. The molecule has 0 saturated carbocycles. The van der Waals surface area contributed by atoms with Gasteiger partial charge in [0.15, 0.2) is 0 Å². The number of hydrogen-bond donors (Lipinski definition) is 0. The largest absolute Gasteiger partial charge is 0.329 e. The van der Waals surface area contributed by atoms with E-state index >= 15 is 0 Å². The second kappa shape index (κ2) is 7.80. The normalized spacial score (nSPS) is 11.6. The zero-order valence-corrected chi connectivity index (χ0v) is 17.4. The van der Waals surface area contributed by atoms with Crippen LogP contribution in [0.4, 0.5) is 24.7 Å². The molecule has 0 saturated heterocycles. The van der Waals surface area contributed by atoms with E-state index in [0.29, 0.717) is 33.4 Å². The summed E-state index contributed by atoms with van der Waals surface area (Å²) in [6.07, 6.45) is -1.01. The summed E-state index contributed by atoms with van der Waals surface area (Å²) in [7, 11) is 1.77. The van der Waals surface area contributed by atoms with Crippen LogP contribution in [-0.2, 0) is 0 Å². The van der Waals surface area contributed by atoms with Gasteiger partial charge in [0, 0.05) is 28.7 Å². The van der Waals surface area contributed by atoms with Crippen LogP contribution in [0.15, 0.2) is 67.0 Å². The number of nitrogens with zero attached hydrogens (tertiary/aromatic N) is 5. The highest BCUT2D eigenvalue weighted by atomic mass is 35.5. The van der Waals surface area contributed by atoms with Gasteiger partial charge in [-0.05, 0) is 47.5 Å². The minimum atomic E-state index is -2.56. The minimum Gasteiger partial charge on any atom is -0.329 e. The van der Waals surface area contributed by atoms with Crippen LogP contribution >= 0.6 is 11.6 Å². The van der Waals surface area contributed by atoms with Crippen molar-refractivity contribution in [3.8, 4) is 11.1 Å². The number of hydrogen-bond acceptors (Lipinski definition) is 4. The van der Waals surface area contributed by atoms with Crippen LogP contribution in [0.2, 0.25) is 5.02 Å². The molecule has 0 radical (unpaired) electrons. The highest BCUT2D eigenvalue weighted by Crippen LogP contribution is 2.34. The molecule has 0 aliphatic heterocycles. The molecule has 3 aromatic carbocycles. The van der Waals surface area contributed by atoms with Gasteiger partial charge in [0.2, 0.25) is 0 Å². The molecule has 0 bridgehead atoms. The van der Waals surface area contributed by atoms with Crippen LogP contribution in [0.3, 0.4) is 0 Å². The number of halogens is 4. The molecule has 5 nitrogen and oxygen atoms in total. The third-order valence-electron chi connectivity index (χ3n) is 5.28. The van der Waals surface area contributed by atoms with E-state index in [9.17, 15) is 13.2 Å². The molecular formula is C23H15ClF3N5. The first kappa shape index (κ1) is 20.3. The van der Waals surface area contributed by atoms with E-state index in [2.05, 4.69) is 15.2 Å². The fourth-order valence-electron chi connectivity index (χ4n) is 3.66. The van der Waals surface area contributed by atoms with Gasteiger partial charge in [0.05, 0.1) is 5.52 Å². The topological polar surface area (TPSA) is 46.3 Å². The molecule has 5 rings (SSSR count). The zero-order chi connectivity index (χ0) is 22.4. The number of alkyl halides is 2. The Labute approximate surface area is 185 Å². The van der Waals surface area contributed by atoms with Crippen LogP contribution < -0.4 is 4.90 Å². The van der Waals surface area contributed by atoms with Gasteiger partial charge in [-0.1, -0.05) is 35.9 Å². The highest BCUT2D eigenvalue weighted by Gasteiger charge is 2.17. The second-order valence-electron chi connectivity index (χ2n) is 7.28. The number of aromatic nitrogens is 4. The van der Waals surface area contributed by atoms with Crippen LogP contribution in [0.25, 0.3) is 27.8 Å². The molecular weight excluding hydrogens is 439 g/mol. The second-order valence-corrected chi connectivity index (χ2v) is 7.71. The smallest absolute Gasteiger partial charge is 0.263 e. The van der Waals surface area contributed by atoms with Crippen molar-refractivity contribution in [2.75, 3.05) is 11.9 Å². The number of fused-ring (bicyclic) bond motifs is 3. The molecule has 0 spiro atoms. The first-order valence-corrected chi connectivity index (χ1v) is 10.0. The van der Waals surface area contributed by atoms with E-state index in [4.69, 9.17) is 11.6 Å². The summed E-state index contributed by atoms with van der Waals surface area (Å²) in [5, 5.41) is 9.28. The van der Waals surface area contributed by atoms with Crippen LogP contribution in [0, 0.1) is 5.82 Å². The molecule has 0 amide bonds. The van der Waals surface area contributed by atoms with Crippen molar-refractivity contribution in [3.63, 3.8) is 0 Å². The standard InChI is InChI=1S/C23H15ClF3N5/c1-31(22-19-7-6-16(24)10-20(19)32-12-28-30-23(32)29-22)18-9-15(8-17(25)11-18)13-2-4-14(5-3-13)21(26)27/h2-12,21H,1H3. The summed E-state index contributed by atoms with van der Waals surface area (Å²) in [6.45, 7) is 0. The molecule has 5 aromatic rings. The Morgan fingerprint density at radius 1 is 0.969 bits per heavy atom. The average molecular weight is 454 g/mol. The molecule has 0 aliphatic rings. The lowest BCUT2D eigenvalue weighted by atomic mass is 10.0. The van der Waals surface area contributed by atoms with Gasteiger partial charge >= 0.3 is 0 Å². The van der Waals surface area contributed by atoms with E-state index in [0.717, 1.165) is 10.9 Å². The van der Waals surface area contributed by atoms with Gasteiger partial charge in [-0.25, -0.2) is 13.2 Å². The van der Waals surface area contributed by atoms with Gasteiger partial charge in [0.25, 0.3) is 12.2 Å². The van der Waals surface area contributed by atoms with Gasteiger partial charge in [0.1, 0.15) is 18.0 Å². The summed E-state index contributed by atoms with van der Waals surface area (Å²) in [4.78, 5) is 6.34. The van der Waals surface area contributed by atoms with Gasteiger partial charge in [-0.2, -0.15) is 4.98 Å². The monoisotopic (exact) mass is 453 g/mol. The maximum absolute atomic E-state index is 14.6. The van der Waals surface area contributed by atoms with Crippen LogP contribution in [0.5, 0.6) is 0 Å². The van der Waals surface area contributed by atoms with E-state index in [1.54, 1.807) is 53.0 Å². The van der Waals surface area contributed by atoms with Crippen molar-refractivity contribution >= 4 is 39.8 Å². The van der Waals surface area contributed by atoms with Gasteiger partial charge in [-0.15, -0.1) is 10.2 Å². The Morgan fingerprint density at radius 2 is 1.75 bits per heavy atom. The summed E-state index contributed by atoms with van der Waals surface area (Å²) < 4.78 is 42.0. The van der Waals surface area contributed by atoms with Crippen molar-refractivity contribution in [3.05, 3.63) is 83.4 Å². The third-order valence-corrected chi connectivity index (χ3v) is 5.51. The minimum absolute atomic E-state index is 0.0848. The molecule has 2 heterocycles. The quantitative estimate of drug-likeness (QED) is 0.314. The van der Waals surface area contributed by atoms with E-state index < -0.39 is 12.2 Å². The van der Waals surface area contributed by atoms with E-state index in [-0.39, 0.29) is 5.56 Å². The van der Waals surface area contributed by atoms with Crippen LogP contribution in [0.1, 0.15) is 12.0 Å². The van der Waals surface area contributed by atoms with Crippen molar-refractivity contribution in [1.29, 1.82) is 0 Å². The third kappa shape index (κ3) is 3.52. The number of rotatable bonds is 4. The summed E-state index contributed by atoms with van der Waals surface area (Å²) in [5.74, 6) is 0.459. The molecule has 0 atom stereocenters. The molecule has 2 aromatic heterocycles. The molecule has 0 N–H and O–H groups in total. The average Bonchev–Trinajstić information content (AvgIpc) is 3.26.